The molecule has 0 amide bonds. The Kier molecular flexibility index (Phi) is 5.57. The van der Waals surface area contributed by atoms with E-state index in [0.717, 1.165) is 17.7 Å². The average molecular weight is 416 g/mol. The molecule has 0 aliphatic heterocycles. The first kappa shape index (κ1) is 20.0. The van der Waals surface area contributed by atoms with E-state index in [-0.39, 0.29) is 35.6 Å². The summed E-state index contributed by atoms with van der Waals surface area (Å²) in [6, 6.07) is 16.3. The number of hydrogen-bond acceptors (Lipinski definition) is 8. The largest absolute Gasteiger partial charge is 0.453 e. The monoisotopic (exact) mass is 416 g/mol. The number of nitrogens with one attached hydrogen (secondary N) is 2. The molecule has 4 rings (SSSR count). The minimum Gasteiger partial charge on any atom is -0.453 e. The van der Waals surface area contributed by atoms with Gasteiger partial charge in [0.15, 0.2) is 12.4 Å². The van der Waals surface area contributed by atoms with E-state index in [1.165, 1.54) is 0 Å². The number of carbonyl (C=O) groups excluding carboxylic acids is 1. The molecule has 0 radical (unpaired) electrons. The van der Waals surface area contributed by atoms with Crippen LogP contribution in [0.15, 0.2) is 59.4 Å². The fourth-order valence-corrected chi connectivity index (χ4v) is 3.16. The van der Waals surface area contributed by atoms with Gasteiger partial charge in [-0.3, -0.25) is 4.79 Å². The summed E-state index contributed by atoms with van der Waals surface area (Å²) in [5.41, 5.74) is 7.42. The normalized spacial score (nSPS) is 10.7. The summed E-state index contributed by atoms with van der Waals surface area (Å²) in [5, 5.41) is 4.26. The zero-order valence-electron chi connectivity index (χ0n) is 16.8. The number of para-hydroxylation sites is 1. The lowest BCUT2D eigenvalue weighted by Gasteiger charge is -2.11. The van der Waals surface area contributed by atoms with Crippen LogP contribution >= 0.6 is 0 Å². The molecule has 0 unspecified atom stereocenters. The third kappa shape index (κ3) is 4.50. The molecule has 0 atom stereocenters. The predicted octanol–water partition coefficient (Wildman–Crippen LogP) is 2.96. The Balaban J connectivity index is 1.51. The van der Waals surface area contributed by atoms with Crippen molar-refractivity contribution in [2.45, 2.75) is 20.0 Å². The van der Waals surface area contributed by atoms with Crippen LogP contribution in [0.2, 0.25) is 0 Å². The first-order chi connectivity index (χ1) is 15.0. The predicted molar refractivity (Wildman–Crippen MR) is 117 cm³/mol. The van der Waals surface area contributed by atoms with Gasteiger partial charge in [-0.1, -0.05) is 43.3 Å². The van der Waals surface area contributed by atoms with Gasteiger partial charge in [0.2, 0.25) is 11.9 Å². The van der Waals surface area contributed by atoms with Crippen LogP contribution in [0.5, 0.6) is 0 Å². The number of fused-ring (bicyclic) bond motifs is 1. The standard InChI is InChI=1S/C22H20N6O3/c1-2-13-7-4-6-10-16(13)25-22-27-18(26-21(23)28-22)12-31-20(30)17-11-14-8-3-5-9-15(14)19(29)24-17/h3-11H,2,12H2,1H3,(H,24,29)(H3,23,25,26,27,28). The van der Waals surface area contributed by atoms with Gasteiger partial charge in [0, 0.05) is 11.1 Å². The fraction of sp³-hybridized carbons (Fsp3) is 0.136. The van der Waals surface area contributed by atoms with E-state index in [9.17, 15) is 9.59 Å². The molecule has 4 N–H and O–H groups in total. The molecule has 0 aliphatic rings. The Hall–Kier alpha value is -4.27. The van der Waals surface area contributed by atoms with E-state index in [1.54, 1.807) is 30.3 Å². The third-order valence-corrected chi connectivity index (χ3v) is 4.65. The lowest BCUT2D eigenvalue weighted by molar-refractivity contribution is 0.0455. The lowest BCUT2D eigenvalue weighted by atomic mass is 10.1. The van der Waals surface area contributed by atoms with Crippen LogP contribution in [-0.2, 0) is 17.8 Å². The van der Waals surface area contributed by atoms with Crippen LogP contribution in [-0.4, -0.2) is 25.9 Å². The SMILES string of the molecule is CCc1ccccc1Nc1nc(N)nc(COC(=O)c2cc3ccccc3c(=O)[nH]2)n1. The number of aromatic amines is 1. The quantitative estimate of drug-likeness (QED) is 0.408. The highest BCUT2D eigenvalue weighted by Gasteiger charge is 2.13. The lowest BCUT2D eigenvalue weighted by Crippen LogP contribution is -2.16. The van der Waals surface area contributed by atoms with Gasteiger partial charge in [-0.15, -0.1) is 0 Å². The number of hydrogen-bond donors (Lipinski definition) is 3. The summed E-state index contributed by atoms with van der Waals surface area (Å²) in [4.78, 5) is 39.5. The van der Waals surface area contributed by atoms with Gasteiger partial charge in [-0.25, -0.2) is 4.79 Å². The summed E-state index contributed by atoms with van der Waals surface area (Å²) in [7, 11) is 0. The fourth-order valence-electron chi connectivity index (χ4n) is 3.16. The van der Waals surface area contributed by atoms with Crippen molar-refractivity contribution in [3.05, 3.63) is 82.0 Å². The highest BCUT2D eigenvalue weighted by Crippen LogP contribution is 2.19. The molecule has 4 aromatic rings. The number of aromatic nitrogens is 4. The number of carbonyl (C=O) groups is 1. The molecule has 0 aliphatic carbocycles. The van der Waals surface area contributed by atoms with Gasteiger partial charge < -0.3 is 20.8 Å². The van der Waals surface area contributed by atoms with Crippen LogP contribution in [0.3, 0.4) is 0 Å². The number of nitrogen functional groups attached to an aromatic ring is 1. The number of benzene rings is 2. The van der Waals surface area contributed by atoms with Gasteiger partial charge in [0.1, 0.15) is 5.69 Å². The summed E-state index contributed by atoms with van der Waals surface area (Å²) < 4.78 is 5.28. The number of pyridine rings is 1. The van der Waals surface area contributed by atoms with Crippen molar-refractivity contribution in [2.75, 3.05) is 11.1 Å². The molecular formula is C22H20N6O3. The maximum Gasteiger partial charge on any atom is 0.355 e. The second-order valence-electron chi connectivity index (χ2n) is 6.74. The van der Waals surface area contributed by atoms with E-state index in [2.05, 4.69) is 25.3 Å². The van der Waals surface area contributed by atoms with Crippen molar-refractivity contribution in [3.63, 3.8) is 0 Å². The molecule has 31 heavy (non-hydrogen) atoms. The number of rotatable bonds is 6. The van der Waals surface area contributed by atoms with E-state index >= 15 is 0 Å². The van der Waals surface area contributed by atoms with Gasteiger partial charge in [0.25, 0.3) is 5.56 Å². The highest BCUT2D eigenvalue weighted by molar-refractivity contribution is 5.92. The Bertz CT molecular complexity index is 1320. The number of anilines is 3. The van der Waals surface area contributed by atoms with Gasteiger partial charge in [0.05, 0.1) is 0 Å². The molecule has 2 aromatic carbocycles. The van der Waals surface area contributed by atoms with Gasteiger partial charge in [-0.2, -0.15) is 15.0 Å². The molecule has 156 valence electrons. The second kappa shape index (κ2) is 8.62. The van der Waals surface area contributed by atoms with Crippen molar-refractivity contribution < 1.29 is 9.53 Å². The highest BCUT2D eigenvalue weighted by atomic mass is 16.5. The Morgan fingerprint density at radius 2 is 1.87 bits per heavy atom. The summed E-state index contributed by atoms with van der Waals surface area (Å²) >= 11 is 0. The van der Waals surface area contributed by atoms with Crippen LogP contribution in [0.25, 0.3) is 10.8 Å². The number of nitrogens with two attached hydrogens (primary N) is 1. The smallest absolute Gasteiger partial charge is 0.355 e. The molecule has 0 spiro atoms. The first-order valence-corrected chi connectivity index (χ1v) is 9.68. The van der Waals surface area contributed by atoms with Crippen LogP contribution < -0.4 is 16.6 Å². The van der Waals surface area contributed by atoms with E-state index in [4.69, 9.17) is 10.5 Å². The number of nitrogens with zero attached hydrogens (tertiary/aromatic N) is 3. The first-order valence-electron chi connectivity index (χ1n) is 9.68. The number of H-pyrrole nitrogens is 1. The van der Waals surface area contributed by atoms with E-state index in [1.807, 2.05) is 31.2 Å². The Morgan fingerprint density at radius 3 is 2.71 bits per heavy atom. The topological polar surface area (TPSA) is 136 Å². The second-order valence-corrected chi connectivity index (χ2v) is 6.74. The van der Waals surface area contributed by atoms with Crippen molar-refractivity contribution in [1.29, 1.82) is 0 Å². The molecule has 9 heteroatoms. The molecular weight excluding hydrogens is 396 g/mol. The number of ether oxygens (including phenoxy) is 1. The Morgan fingerprint density at radius 1 is 1.10 bits per heavy atom. The molecule has 2 heterocycles. The van der Waals surface area contributed by atoms with Crippen molar-refractivity contribution in [3.8, 4) is 0 Å². The molecule has 0 saturated heterocycles. The summed E-state index contributed by atoms with van der Waals surface area (Å²) in [6.45, 7) is 1.81. The minimum atomic E-state index is -0.701. The maximum absolute atomic E-state index is 12.4. The molecule has 0 bridgehead atoms. The van der Waals surface area contributed by atoms with Gasteiger partial charge >= 0.3 is 5.97 Å². The minimum absolute atomic E-state index is 0.00311. The van der Waals surface area contributed by atoms with Crippen LogP contribution in [0.1, 0.15) is 28.8 Å². The van der Waals surface area contributed by atoms with E-state index < -0.39 is 5.97 Å². The van der Waals surface area contributed by atoms with E-state index in [0.29, 0.717) is 10.8 Å². The summed E-state index contributed by atoms with van der Waals surface area (Å²) in [5.74, 6) is -0.275. The molecule has 0 fully saturated rings. The zero-order chi connectivity index (χ0) is 21.8. The molecule has 0 saturated carbocycles. The molecule has 9 nitrogen and oxygen atoms in total. The van der Waals surface area contributed by atoms with Crippen LogP contribution in [0, 0.1) is 0 Å². The van der Waals surface area contributed by atoms with Crippen molar-refractivity contribution in [1.82, 2.24) is 19.9 Å². The Labute approximate surface area is 177 Å². The van der Waals surface area contributed by atoms with Crippen molar-refractivity contribution >= 4 is 34.3 Å². The summed E-state index contributed by atoms with van der Waals surface area (Å²) in [6.07, 6.45) is 0.832. The third-order valence-electron chi connectivity index (χ3n) is 4.65. The maximum atomic E-state index is 12.4. The zero-order valence-corrected chi connectivity index (χ0v) is 16.8. The number of esters is 1. The average Bonchev–Trinajstić information content (AvgIpc) is 2.77. The van der Waals surface area contributed by atoms with Crippen LogP contribution in [0.4, 0.5) is 17.6 Å². The molecule has 2 aromatic heterocycles. The van der Waals surface area contributed by atoms with Crippen molar-refractivity contribution in [2.24, 2.45) is 0 Å². The number of aryl methyl sites for hydroxylation is 1. The van der Waals surface area contributed by atoms with Gasteiger partial charge in [-0.05, 0) is 35.6 Å².